The van der Waals surface area contributed by atoms with Crippen LogP contribution in [0, 0.1) is 0 Å². The molecule has 0 fully saturated rings. The fraction of sp³-hybridized carbons (Fsp3) is 0.150. The maximum atomic E-state index is 5.73. The van der Waals surface area contributed by atoms with E-state index in [1.54, 1.807) is 0 Å². The minimum Gasteiger partial charge on any atom is -0.354 e. The van der Waals surface area contributed by atoms with Gasteiger partial charge in [-0.05, 0) is 142 Å². The molecule has 13 rings (SSSR count). The van der Waals surface area contributed by atoms with Gasteiger partial charge in [-0.3, -0.25) is 0 Å². The van der Waals surface area contributed by atoms with Crippen molar-refractivity contribution in [2.24, 2.45) is 0 Å². The van der Waals surface area contributed by atoms with Crippen LogP contribution in [0.3, 0.4) is 0 Å². The average molecular weight is 1220 g/mol. The average Bonchev–Trinajstić information content (AvgIpc) is 3.97. The van der Waals surface area contributed by atoms with Crippen LogP contribution in [0.1, 0.15) is 45.0 Å². The molecule has 2 aliphatic rings. The van der Waals surface area contributed by atoms with Gasteiger partial charge in [0.1, 0.15) is 0 Å². The van der Waals surface area contributed by atoms with E-state index in [9.17, 15) is 0 Å². The van der Waals surface area contributed by atoms with Gasteiger partial charge in [0.25, 0.3) is 0 Å². The van der Waals surface area contributed by atoms with E-state index in [4.69, 9.17) is 9.97 Å². The predicted octanol–water partition coefficient (Wildman–Crippen LogP) is 19.7. The Labute approximate surface area is 523 Å². The summed E-state index contributed by atoms with van der Waals surface area (Å²) >= 11 is 0. The number of benzene rings is 8. The Kier molecular flexibility index (Phi) is 16.5. The van der Waals surface area contributed by atoms with Crippen molar-refractivity contribution in [3.8, 4) is 44.5 Å². The Balaban J connectivity index is 1.01. The summed E-state index contributed by atoms with van der Waals surface area (Å²) in [4.78, 5) is 19.5. The van der Waals surface area contributed by atoms with Gasteiger partial charge in [-0.25, -0.2) is 9.97 Å². The summed E-state index contributed by atoms with van der Waals surface area (Å²) in [5.74, 6) is 0. The van der Waals surface area contributed by atoms with Crippen LogP contribution in [-0.2, 0) is 24.6 Å². The van der Waals surface area contributed by atoms with Gasteiger partial charge in [0.15, 0.2) is 0 Å². The first-order valence-electron chi connectivity index (χ1n) is 30.6. The molecule has 0 unspecified atom stereocenters. The smallest absolute Gasteiger partial charge is 0.0937 e. The van der Waals surface area contributed by atoms with E-state index in [2.05, 4.69) is 330 Å². The summed E-state index contributed by atoms with van der Waals surface area (Å²) in [6.07, 6.45) is 13.0. The van der Waals surface area contributed by atoms with Crippen LogP contribution < -0.4 is 21.2 Å². The largest absolute Gasteiger partial charge is 0.354 e. The predicted molar refractivity (Wildman–Crippen MR) is 395 cm³/mol. The van der Waals surface area contributed by atoms with E-state index in [-0.39, 0.29) is 0 Å². The van der Waals surface area contributed by atoms with Gasteiger partial charge in [-0.2, -0.15) is 0 Å². The summed E-state index contributed by atoms with van der Waals surface area (Å²) in [7, 11) is -5.71. The van der Waals surface area contributed by atoms with Crippen molar-refractivity contribution in [1.29, 1.82) is 0 Å². The van der Waals surface area contributed by atoms with Crippen molar-refractivity contribution in [2.75, 3.05) is 53.3 Å². The zero-order valence-corrected chi connectivity index (χ0v) is 55.5. The molecule has 8 aromatic carbocycles. The van der Waals surface area contributed by atoms with Crippen molar-refractivity contribution in [3.63, 3.8) is 0 Å². The number of fused-ring (bicyclic) bond motifs is 8. The van der Waals surface area contributed by atoms with Gasteiger partial charge in [0.2, 0.25) is 0 Å². The van der Waals surface area contributed by atoms with Gasteiger partial charge >= 0.3 is 0 Å². The number of H-pyrrole nitrogens is 2. The minimum atomic E-state index is -1.43. The SMILES string of the molecule is C[P+](C)(Cc1ccc(-c2c3nc(c(-c4ccc(C[P+](C)(C)c5ccccc5)cc4)c4ccc([nH]4)c(-c4ccc(C[P+](C)(C)c5ccccc5)cc4)c4nc(c(-c5ccc(C[P+](C)(C)c6ccccc6)cc5)c5ccc2[nH]5)C=C4)C=C3)cc1)c1ccccc1. The molecule has 11 aromatic rings. The van der Waals surface area contributed by atoms with Crippen LogP contribution in [0.5, 0.6) is 0 Å². The number of nitrogens with zero attached hydrogens (tertiary/aromatic N) is 2. The monoisotopic (exact) mass is 1220 g/mol. The zero-order chi connectivity index (χ0) is 60.6. The van der Waals surface area contributed by atoms with Crippen LogP contribution >= 0.6 is 29.0 Å². The Bertz CT molecular complexity index is 3970. The molecule has 0 aliphatic carbocycles. The summed E-state index contributed by atoms with van der Waals surface area (Å²) in [5, 5.41) is 5.78. The fourth-order valence-electron chi connectivity index (χ4n) is 13.0. The van der Waals surface area contributed by atoms with Crippen LogP contribution in [0.4, 0.5) is 0 Å². The Morgan fingerprint density at radius 2 is 0.432 bits per heavy atom. The van der Waals surface area contributed by atoms with Crippen molar-refractivity contribution in [1.82, 2.24) is 19.9 Å². The third-order valence-corrected chi connectivity index (χ3v) is 29.3. The Hall–Kier alpha value is -7.92. The molecule has 434 valence electrons. The van der Waals surface area contributed by atoms with Gasteiger partial charge < -0.3 is 9.97 Å². The van der Waals surface area contributed by atoms with Crippen LogP contribution in [0.2, 0.25) is 0 Å². The first-order chi connectivity index (χ1) is 42.5. The second-order valence-corrected chi connectivity index (χ2v) is 42.8. The zero-order valence-electron chi connectivity index (χ0n) is 51.9. The molecular formula is C80H78N4P4+4. The molecule has 0 saturated carbocycles. The van der Waals surface area contributed by atoms with E-state index in [1.807, 2.05) is 0 Å². The lowest BCUT2D eigenvalue weighted by Crippen LogP contribution is -2.10. The summed E-state index contributed by atoms with van der Waals surface area (Å²) in [6, 6.07) is 90.4. The highest BCUT2D eigenvalue weighted by Crippen LogP contribution is 2.56. The lowest BCUT2D eigenvalue weighted by molar-refractivity contribution is 1.30. The van der Waals surface area contributed by atoms with Gasteiger partial charge in [0, 0.05) is 73.4 Å². The third kappa shape index (κ3) is 12.6. The molecule has 0 atom stereocenters. The number of hydrogen-bond acceptors (Lipinski definition) is 2. The third-order valence-electron chi connectivity index (χ3n) is 17.9. The molecule has 8 heteroatoms. The molecule has 8 bridgehead atoms. The highest BCUT2D eigenvalue weighted by molar-refractivity contribution is 7.82. The minimum absolute atomic E-state index is 0.907. The van der Waals surface area contributed by atoms with E-state index < -0.39 is 29.0 Å². The van der Waals surface area contributed by atoms with E-state index in [0.717, 1.165) is 114 Å². The highest BCUT2D eigenvalue weighted by atomic mass is 31.2. The second-order valence-electron chi connectivity index (χ2n) is 26.0. The van der Waals surface area contributed by atoms with Crippen molar-refractivity contribution in [2.45, 2.75) is 24.6 Å². The van der Waals surface area contributed by atoms with Crippen molar-refractivity contribution >= 4 is 96.6 Å². The first kappa shape index (κ1) is 59.1. The molecule has 2 aliphatic heterocycles. The normalized spacial score (nSPS) is 12.6. The van der Waals surface area contributed by atoms with Crippen molar-refractivity contribution in [3.05, 3.63) is 288 Å². The number of nitrogens with one attached hydrogen (secondary N) is 2. The number of rotatable bonds is 16. The van der Waals surface area contributed by atoms with Crippen molar-refractivity contribution < 1.29 is 0 Å². The molecule has 0 spiro atoms. The summed E-state index contributed by atoms with van der Waals surface area (Å²) < 4.78 is 0. The first-order valence-corrected chi connectivity index (χ1v) is 42.1. The molecule has 88 heavy (non-hydrogen) atoms. The lowest BCUT2D eigenvalue weighted by Gasteiger charge is -2.18. The van der Waals surface area contributed by atoms with Crippen LogP contribution in [0.25, 0.3) is 90.9 Å². The van der Waals surface area contributed by atoms with E-state index >= 15 is 0 Å². The lowest BCUT2D eigenvalue weighted by atomic mass is 10.0. The molecule has 2 N–H and O–H groups in total. The standard InChI is InChI=1S/C80H78N4P4/c1-85(2,65-21-13-9-14-22-65)53-57-29-37-61(38-30-57)77-69-45-47-71(81-69)78(62-39-31-58(32-40-62)54-86(3,4)66-23-15-10-16-24-66)73-49-51-75(83-73)80(64-43-35-60(36-44-64)56-88(7,8)68-27-19-12-20-28-68)76-52-50-74(84-76)79(72-48-46-70(77)82-72)63-41-33-59(34-42-63)55-87(5,6)67-25-17-11-18-26-67/h9-52,81,84H,53-56H2,1-8H3/q+4. The molecule has 0 amide bonds. The molecule has 3 aromatic heterocycles. The summed E-state index contributed by atoms with van der Waals surface area (Å²) in [5.41, 5.74) is 21.6. The molecule has 0 radical (unpaired) electrons. The van der Waals surface area contributed by atoms with Gasteiger partial charge in [0.05, 0.1) is 122 Å². The molecule has 0 saturated heterocycles. The van der Waals surface area contributed by atoms with E-state index in [0.29, 0.717) is 0 Å². The topological polar surface area (TPSA) is 57.4 Å². The maximum absolute atomic E-state index is 5.73. The van der Waals surface area contributed by atoms with E-state index in [1.165, 1.54) is 43.5 Å². The van der Waals surface area contributed by atoms with Gasteiger partial charge in [-0.15, -0.1) is 0 Å². The molecule has 4 nitrogen and oxygen atoms in total. The molecule has 5 heterocycles. The highest BCUT2D eigenvalue weighted by Gasteiger charge is 2.32. The summed E-state index contributed by atoms with van der Waals surface area (Å²) in [6.45, 7) is 19.6. The van der Waals surface area contributed by atoms with Gasteiger partial charge in [-0.1, -0.05) is 170 Å². The number of aromatic nitrogens is 4. The number of hydrogen-bond donors (Lipinski definition) is 2. The number of aromatic amines is 2. The van der Waals surface area contributed by atoms with Crippen LogP contribution in [0.15, 0.2) is 243 Å². The Morgan fingerprint density at radius 1 is 0.239 bits per heavy atom. The maximum Gasteiger partial charge on any atom is 0.0937 e. The van der Waals surface area contributed by atoms with Crippen LogP contribution in [-0.4, -0.2) is 73.3 Å². The fourth-order valence-corrected chi connectivity index (χ4v) is 22.2. The molecular weight excluding hydrogens is 1140 g/mol. The second kappa shape index (κ2) is 24.6. The quantitative estimate of drug-likeness (QED) is 0.0947. The Morgan fingerprint density at radius 3 is 0.625 bits per heavy atom.